The van der Waals surface area contributed by atoms with Crippen molar-refractivity contribution in [3.8, 4) is 11.5 Å². The maximum Gasteiger partial charge on any atom is 0.175 e. The van der Waals surface area contributed by atoms with Crippen molar-refractivity contribution in [1.82, 2.24) is 10.3 Å². The number of halogens is 1. The molecule has 4 nitrogen and oxygen atoms in total. The molecule has 0 saturated heterocycles. The minimum absolute atomic E-state index is 0.157. The van der Waals surface area contributed by atoms with E-state index in [0.717, 1.165) is 21.3 Å². The molecule has 0 aliphatic rings. The number of hydrogen-bond acceptors (Lipinski definition) is 4. The Morgan fingerprint density at radius 2 is 1.81 bits per heavy atom. The third-order valence-electron chi connectivity index (χ3n) is 4.26. The molecule has 0 saturated carbocycles. The van der Waals surface area contributed by atoms with Crippen LogP contribution in [0.2, 0.25) is 0 Å². The second kappa shape index (κ2) is 9.53. The molecule has 140 valence electrons. The van der Waals surface area contributed by atoms with E-state index in [1.54, 1.807) is 7.11 Å². The highest BCUT2D eigenvalue weighted by Gasteiger charge is 2.13. The summed E-state index contributed by atoms with van der Waals surface area (Å²) in [4.78, 5) is 4.39. The molecule has 0 fully saturated rings. The number of nitrogens with one attached hydrogen (secondary N) is 1. The fourth-order valence-electron chi connectivity index (χ4n) is 2.75. The van der Waals surface area contributed by atoms with Crippen molar-refractivity contribution in [2.75, 3.05) is 7.11 Å². The van der Waals surface area contributed by atoms with Gasteiger partial charge in [-0.3, -0.25) is 4.98 Å². The topological polar surface area (TPSA) is 43.4 Å². The van der Waals surface area contributed by atoms with Crippen molar-refractivity contribution < 1.29 is 9.47 Å². The summed E-state index contributed by atoms with van der Waals surface area (Å²) >= 11 is 3.62. The van der Waals surface area contributed by atoms with E-state index in [-0.39, 0.29) is 6.04 Å². The van der Waals surface area contributed by atoms with Crippen LogP contribution in [0.1, 0.15) is 29.8 Å². The summed E-state index contributed by atoms with van der Waals surface area (Å²) in [7, 11) is 1.66. The van der Waals surface area contributed by atoms with Gasteiger partial charge in [-0.1, -0.05) is 36.4 Å². The summed E-state index contributed by atoms with van der Waals surface area (Å²) in [5.74, 6) is 1.42. The van der Waals surface area contributed by atoms with Crippen LogP contribution in [0.25, 0.3) is 0 Å². The zero-order chi connectivity index (χ0) is 19.1. The maximum absolute atomic E-state index is 5.99. The lowest BCUT2D eigenvalue weighted by molar-refractivity contribution is 0.282. The zero-order valence-electron chi connectivity index (χ0n) is 15.5. The second-order valence-electron chi connectivity index (χ2n) is 6.24. The maximum atomic E-state index is 5.99. The predicted molar refractivity (Wildman–Crippen MR) is 111 cm³/mol. The zero-order valence-corrected chi connectivity index (χ0v) is 17.1. The molecular formula is C22H23BrN2O2. The molecule has 0 unspecified atom stereocenters. The van der Waals surface area contributed by atoms with Crippen LogP contribution >= 0.6 is 15.9 Å². The highest BCUT2D eigenvalue weighted by Crippen LogP contribution is 2.37. The number of aromatic nitrogens is 1. The Labute approximate surface area is 168 Å². The number of benzene rings is 2. The molecule has 3 aromatic rings. The largest absolute Gasteiger partial charge is 0.493 e. The van der Waals surface area contributed by atoms with Crippen LogP contribution in [0, 0.1) is 0 Å². The fourth-order valence-corrected chi connectivity index (χ4v) is 3.36. The summed E-state index contributed by atoms with van der Waals surface area (Å²) in [5, 5.41) is 3.49. The average molecular weight is 427 g/mol. The van der Waals surface area contributed by atoms with Crippen LogP contribution < -0.4 is 14.8 Å². The SMILES string of the molecule is COc1cc(CN[C@H](C)c2ccccn2)cc(Br)c1OCc1ccccc1. The molecule has 2 aromatic carbocycles. The quantitative estimate of drug-likeness (QED) is 0.531. The van der Waals surface area contributed by atoms with Gasteiger partial charge in [0.05, 0.1) is 17.3 Å². The number of methoxy groups -OCH3 is 1. The van der Waals surface area contributed by atoms with Gasteiger partial charge in [-0.25, -0.2) is 0 Å². The van der Waals surface area contributed by atoms with E-state index in [0.29, 0.717) is 24.7 Å². The van der Waals surface area contributed by atoms with Gasteiger partial charge in [-0.2, -0.15) is 0 Å². The molecule has 1 N–H and O–H groups in total. The Kier molecular flexibility index (Phi) is 6.85. The minimum atomic E-state index is 0.157. The summed E-state index contributed by atoms with van der Waals surface area (Å²) in [6.45, 7) is 3.29. The molecule has 0 bridgehead atoms. The van der Waals surface area contributed by atoms with E-state index in [9.17, 15) is 0 Å². The normalized spacial score (nSPS) is 11.8. The number of hydrogen-bond donors (Lipinski definition) is 1. The summed E-state index contributed by atoms with van der Waals surface area (Å²) in [6, 6.07) is 20.2. The third-order valence-corrected chi connectivity index (χ3v) is 4.85. The summed E-state index contributed by atoms with van der Waals surface area (Å²) in [6.07, 6.45) is 1.81. The van der Waals surface area contributed by atoms with Gasteiger partial charge in [0.25, 0.3) is 0 Å². The van der Waals surface area contributed by atoms with Gasteiger partial charge < -0.3 is 14.8 Å². The van der Waals surface area contributed by atoms with E-state index in [2.05, 4.69) is 39.2 Å². The van der Waals surface area contributed by atoms with Gasteiger partial charge in [-0.15, -0.1) is 0 Å². The molecule has 0 spiro atoms. The third kappa shape index (κ3) is 5.31. The lowest BCUT2D eigenvalue weighted by Gasteiger charge is -2.17. The Balaban J connectivity index is 1.68. The molecule has 3 rings (SSSR count). The standard InChI is InChI=1S/C22H23BrN2O2/c1-16(20-10-6-7-11-24-20)25-14-18-12-19(23)22(21(13-18)26-2)27-15-17-8-4-3-5-9-17/h3-13,16,25H,14-15H2,1-2H3/t16-/m1/s1. The first-order valence-electron chi connectivity index (χ1n) is 8.85. The molecule has 1 atom stereocenters. The summed E-state index contributed by atoms with van der Waals surface area (Å²) in [5.41, 5.74) is 3.24. The van der Waals surface area contributed by atoms with Crippen molar-refractivity contribution in [2.45, 2.75) is 26.1 Å². The minimum Gasteiger partial charge on any atom is -0.493 e. The van der Waals surface area contributed by atoms with Gasteiger partial charge >= 0.3 is 0 Å². The molecule has 1 aromatic heterocycles. The molecule has 0 amide bonds. The predicted octanol–water partition coefficient (Wildman–Crippen LogP) is 5.28. The molecule has 5 heteroatoms. The smallest absolute Gasteiger partial charge is 0.175 e. The van der Waals surface area contributed by atoms with E-state index in [4.69, 9.17) is 9.47 Å². The molecule has 0 aliphatic heterocycles. The first kappa shape index (κ1) is 19.4. The van der Waals surface area contributed by atoms with E-state index in [1.807, 2.05) is 60.8 Å². The van der Waals surface area contributed by atoms with Crippen molar-refractivity contribution in [3.63, 3.8) is 0 Å². The van der Waals surface area contributed by atoms with Gasteiger partial charge in [-0.05, 0) is 58.2 Å². The fraction of sp³-hybridized carbons (Fsp3) is 0.227. The van der Waals surface area contributed by atoms with E-state index in [1.165, 1.54) is 0 Å². The average Bonchev–Trinajstić information content (AvgIpc) is 2.72. The molecule has 27 heavy (non-hydrogen) atoms. The number of nitrogens with zero attached hydrogens (tertiary/aromatic N) is 1. The lowest BCUT2D eigenvalue weighted by Crippen LogP contribution is -2.19. The summed E-state index contributed by atoms with van der Waals surface area (Å²) < 4.78 is 12.4. The molecule has 1 heterocycles. The number of pyridine rings is 1. The van der Waals surface area contributed by atoms with Crippen LogP contribution in [-0.2, 0) is 13.2 Å². The van der Waals surface area contributed by atoms with Crippen LogP contribution in [0.15, 0.2) is 71.3 Å². The number of rotatable bonds is 8. The van der Waals surface area contributed by atoms with Crippen LogP contribution in [0.5, 0.6) is 11.5 Å². The van der Waals surface area contributed by atoms with Gasteiger partial charge in [0.15, 0.2) is 11.5 Å². The highest BCUT2D eigenvalue weighted by atomic mass is 79.9. The second-order valence-corrected chi connectivity index (χ2v) is 7.09. The van der Waals surface area contributed by atoms with E-state index >= 15 is 0 Å². The molecule has 0 aliphatic carbocycles. The molecular weight excluding hydrogens is 404 g/mol. The number of ether oxygens (including phenoxy) is 2. The van der Waals surface area contributed by atoms with Crippen LogP contribution in [-0.4, -0.2) is 12.1 Å². The first-order chi connectivity index (χ1) is 13.2. The molecule has 0 radical (unpaired) electrons. The van der Waals surface area contributed by atoms with Crippen LogP contribution in [0.3, 0.4) is 0 Å². The van der Waals surface area contributed by atoms with Gasteiger partial charge in [0.1, 0.15) is 6.61 Å². The first-order valence-corrected chi connectivity index (χ1v) is 9.64. The highest BCUT2D eigenvalue weighted by molar-refractivity contribution is 9.10. The Morgan fingerprint density at radius 3 is 2.52 bits per heavy atom. The van der Waals surface area contributed by atoms with Crippen molar-refractivity contribution >= 4 is 15.9 Å². The Bertz CT molecular complexity index is 857. The van der Waals surface area contributed by atoms with Crippen molar-refractivity contribution in [1.29, 1.82) is 0 Å². The monoisotopic (exact) mass is 426 g/mol. The van der Waals surface area contributed by atoms with E-state index < -0.39 is 0 Å². The van der Waals surface area contributed by atoms with Gasteiger partial charge in [0, 0.05) is 18.8 Å². The van der Waals surface area contributed by atoms with Crippen LogP contribution in [0.4, 0.5) is 0 Å². The lowest BCUT2D eigenvalue weighted by atomic mass is 10.1. The van der Waals surface area contributed by atoms with Crippen molar-refractivity contribution in [2.24, 2.45) is 0 Å². The Morgan fingerprint density at radius 1 is 1.04 bits per heavy atom. The van der Waals surface area contributed by atoms with Crippen molar-refractivity contribution in [3.05, 3.63) is 88.2 Å². The van der Waals surface area contributed by atoms with Gasteiger partial charge in [0.2, 0.25) is 0 Å². The Hall–Kier alpha value is -2.37.